The molecule has 0 radical (unpaired) electrons. The summed E-state index contributed by atoms with van der Waals surface area (Å²) in [6.45, 7) is 3.87. The number of aliphatic hydroxyl groups is 1. The molecule has 3 heteroatoms. The van der Waals surface area contributed by atoms with E-state index in [-0.39, 0.29) is 6.61 Å². The molecule has 15 heavy (non-hydrogen) atoms. The van der Waals surface area contributed by atoms with E-state index in [4.69, 9.17) is 9.84 Å². The molecule has 0 fully saturated rings. The first-order valence-electron chi connectivity index (χ1n) is 5.20. The van der Waals surface area contributed by atoms with Gasteiger partial charge in [-0.25, -0.2) is 0 Å². The van der Waals surface area contributed by atoms with E-state index in [0.29, 0.717) is 5.92 Å². The van der Waals surface area contributed by atoms with Gasteiger partial charge in [0.05, 0.1) is 7.11 Å². The average Bonchev–Trinajstić information content (AvgIpc) is 2.29. The number of hydrogen-bond donors (Lipinski definition) is 2. The molecule has 84 valence electrons. The molecule has 3 nitrogen and oxygen atoms in total. The van der Waals surface area contributed by atoms with Crippen LogP contribution in [-0.4, -0.2) is 25.4 Å². The van der Waals surface area contributed by atoms with Gasteiger partial charge in [-0.3, -0.25) is 0 Å². The fraction of sp³-hybridized carbons (Fsp3) is 0.500. The van der Waals surface area contributed by atoms with Crippen LogP contribution < -0.4 is 10.1 Å². The number of aliphatic hydroxyl groups excluding tert-OH is 1. The zero-order valence-electron chi connectivity index (χ0n) is 9.36. The van der Waals surface area contributed by atoms with Crippen LogP contribution >= 0.6 is 0 Å². The SMILES string of the molecule is COc1cccc(CNCC(C)CO)c1. The van der Waals surface area contributed by atoms with Gasteiger partial charge >= 0.3 is 0 Å². The van der Waals surface area contributed by atoms with Gasteiger partial charge in [0.1, 0.15) is 5.75 Å². The van der Waals surface area contributed by atoms with Gasteiger partial charge in [0, 0.05) is 19.7 Å². The Labute approximate surface area is 91.1 Å². The van der Waals surface area contributed by atoms with E-state index in [9.17, 15) is 0 Å². The Morgan fingerprint density at radius 1 is 1.47 bits per heavy atom. The molecular weight excluding hydrogens is 190 g/mol. The minimum atomic E-state index is 0.227. The monoisotopic (exact) mass is 209 g/mol. The Balaban J connectivity index is 2.37. The van der Waals surface area contributed by atoms with Crippen LogP contribution in [0.25, 0.3) is 0 Å². The molecule has 2 N–H and O–H groups in total. The molecule has 0 heterocycles. The highest BCUT2D eigenvalue weighted by atomic mass is 16.5. The van der Waals surface area contributed by atoms with E-state index >= 15 is 0 Å². The van der Waals surface area contributed by atoms with E-state index in [1.165, 1.54) is 5.56 Å². The molecule has 0 aliphatic carbocycles. The van der Waals surface area contributed by atoms with E-state index in [2.05, 4.69) is 11.4 Å². The maximum absolute atomic E-state index is 8.85. The molecule has 0 amide bonds. The number of methoxy groups -OCH3 is 1. The van der Waals surface area contributed by atoms with Crippen LogP contribution in [0, 0.1) is 5.92 Å². The molecule has 1 atom stereocenters. The van der Waals surface area contributed by atoms with Crippen LogP contribution in [0.1, 0.15) is 12.5 Å². The first-order chi connectivity index (χ1) is 7.26. The molecule has 0 saturated heterocycles. The Hall–Kier alpha value is -1.06. The van der Waals surface area contributed by atoms with Crippen molar-refractivity contribution in [3.8, 4) is 5.75 Å². The fourth-order valence-corrected chi connectivity index (χ4v) is 1.31. The quantitative estimate of drug-likeness (QED) is 0.744. The number of hydrogen-bond acceptors (Lipinski definition) is 3. The minimum absolute atomic E-state index is 0.227. The van der Waals surface area contributed by atoms with Crippen LogP contribution in [-0.2, 0) is 6.54 Å². The number of ether oxygens (including phenoxy) is 1. The third-order valence-corrected chi connectivity index (χ3v) is 2.27. The molecule has 0 saturated carbocycles. The van der Waals surface area contributed by atoms with Crippen molar-refractivity contribution < 1.29 is 9.84 Å². The largest absolute Gasteiger partial charge is 0.497 e. The fourth-order valence-electron chi connectivity index (χ4n) is 1.31. The molecular formula is C12H19NO2. The van der Waals surface area contributed by atoms with Crippen molar-refractivity contribution in [1.29, 1.82) is 0 Å². The summed E-state index contributed by atoms with van der Waals surface area (Å²) >= 11 is 0. The van der Waals surface area contributed by atoms with Crippen molar-refractivity contribution in [2.45, 2.75) is 13.5 Å². The first-order valence-corrected chi connectivity index (χ1v) is 5.20. The normalized spacial score (nSPS) is 12.5. The molecule has 1 aromatic carbocycles. The molecule has 1 rings (SSSR count). The molecule has 1 aromatic rings. The summed E-state index contributed by atoms with van der Waals surface area (Å²) in [5.74, 6) is 1.18. The molecule has 0 bridgehead atoms. The number of rotatable bonds is 6. The predicted octanol–water partition coefficient (Wildman–Crippen LogP) is 1.41. The summed E-state index contributed by atoms with van der Waals surface area (Å²) in [6.07, 6.45) is 0. The maximum Gasteiger partial charge on any atom is 0.119 e. The van der Waals surface area contributed by atoms with E-state index in [1.807, 2.05) is 25.1 Å². The lowest BCUT2D eigenvalue weighted by atomic mass is 10.2. The van der Waals surface area contributed by atoms with Gasteiger partial charge in [0.25, 0.3) is 0 Å². The Morgan fingerprint density at radius 3 is 2.93 bits per heavy atom. The van der Waals surface area contributed by atoms with Crippen molar-refractivity contribution in [1.82, 2.24) is 5.32 Å². The standard InChI is InChI=1S/C12H19NO2/c1-10(9-14)7-13-8-11-4-3-5-12(6-11)15-2/h3-6,10,13-14H,7-9H2,1-2H3. The van der Waals surface area contributed by atoms with Gasteiger partial charge in [-0.15, -0.1) is 0 Å². The van der Waals surface area contributed by atoms with Crippen molar-refractivity contribution in [2.24, 2.45) is 5.92 Å². The van der Waals surface area contributed by atoms with E-state index in [1.54, 1.807) is 7.11 Å². The lowest BCUT2D eigenvalue weighted by Crippen LogP contribution is -2.22. The summed E-state index contributed by atoms with van der Waals surface area (Å²) in [7, 11) is 1.67. The number of benzene rings is 1. The summed E-state index contributed by atoms with van der Waals surface area (Å²) in [4.78, 5) is 0. The van der Waals surface area contributed by atoms with Crippen LogP contribution in [0.4, 0.5) is 0 Å². The second-order valence-electron chi connectivity index (χ2n) is 3.77. The Kier molecular flexibility index (Phi) is 5.15. The third-order valence-electron chi connectivity index (χ3n) is 2.27. The lowest BCUT2D eigenvalue weighted by molar-refractivity contribution is 0.233. The van der Waals surface area contributed by atoms with Crippen molar-refractivity contribution >= 4 is 0 Å². The van der Waals surface area contributed by atoms with Gasteiger partial charge in [-0.2, -0.15) is 0 Å². The van der Waals surface area contributed by atoms with Crippen LogP contribution in [0.3, 0.4) is 0 Å². The highest BCUT2D eigenvalue weighted by Gasteiger charge is 1.99. The third kappa shape index (κ3) is 4.32. The Bertz CT molecular complexity index is 289. The van der Waals surface area contributed by atoms with E-state index < -0.39 is 0 Å². The zero-order valence-corrected chi connectivity index (χ0v) is 9.36. The summed E-state index contributed by atoms with van der Waals surface area (Å²) in [6, 6.07) is 7.97. The summed E-state index contributed by atoms with van der Waals surface area (Å²) < 4.78 is 5.14. The summed E-state index contributed by atoms with van der Waals surface area (Å²) in [5, 5.41) is 12.1. The highest BCUT2D eigenvalue weighted by molar-refractivity contribution is 5.28. The van der Waals surface area contributed by atoms with Gasteiger partial charge in [0.2, 0.25) is 0 Å². The maximum atomic E-state index is 8.85. The van der Waals surface area contributed by atoms with Crippen molar-refractivity contribution in [2.75, 3.05) is 20.3 Å². The topological polar surface area (TPSA) is 41.5 Å². The highest BCUT2D eigenvalue weighted by Crippen LogP contribution is 2.12. The van der Waals surface area contributed by atoms with Gasteiger partial charge in [-0.05, 0) is 23.6 Å². The zero-order chi connectivity index (χ0) is 11.1. The second-order valence-corrected chi connectivity index (χ2v) is 3.77. The molecule has 0 aliphatic rings. The first kappa shape index (κ1) is 12.0. The molecule has 0 spiro atoms. The molecule has 0 aromatic heterocycles. The number of nitrogens with one attached hydrogen (secondary N) is 1. The lowest BCUT2D eigenvalue weighted by Gasteiger charge is -2.10. The Morgan fingerprint density at radius 2 is 2.27 bits per heavy atom. The van der Waals surface area contributed by atoms with Crippen LogP contribution in [0.15, 0.2) is 24.3 Å². The van der Waals surface area contributed by atoms with Gasteiger partial charge in [-0.1, -0.05) is 19.1 Å². The predicted molar refractivity (Wildman–Crippen MR) is 61.0 cm³/mol. The van der Waals surface area contributed by atoms with Gasteiger partial charge in [0.15, 0.2) is 0 Å². The van der Waals surface area contributed by atoms with Gasteiger partial charge < -0.3 is 15.2 Å². The summed E-state index contributed by atoms with van der Waals surface area (Å²) in [5.41, 5.74) is 1.19. The molecule has 1 unspecified atom stereocenters. The van der Waals surface area contributed by atoms with E-state index in [0.717, 1.165) is 18.8 Å². The average molecular weight is 209 g/mol. The molecule has 0 aliphatic heterocycles. The smallest absolute Gasteiger partial charge is 0.119 e. The van der Waals surface area contributed by atoms with Crippen LogP contribution in [0.5, 0.6) is 5.75 Å². The van der Waals surface area contributed by atoms with Crippen LogP contribution in [0.2, 0.25) is 0 Å². The second kappa shape index (κ2) is 6.43. The minimum Gasteiger partial charge on any atom is -0.497 e. The van der Waals surface area contributed by atoms with Crippen molar-refractivity contribution in [3.05, 3.63) is 29.8 Å². The van der Waals surface area contributed by atoms with Crippen molar-refractivity contribution in [3.63, 3.8) is 0 Å².